The first-order valence-electron chi connectivity index (χ1n) is 7.18. The number of halogens is 2. The zero-order valence-electron chi connectivity index (χ0n) is 12.4. The van der Waals surface area contributed by atoms with Gasteiger partial charge in [0.25, 0.3) is 11.8 Å². The lowest BCUT2D eigenvalue weighted by Gasteiger charge is -2.19. The largest absolute Gasteiger partial charge is 0.343 e. The number of nitriles is 1. The Labute approximate surface area is 135 Å². The first-order valence-corrected chi connectivity index (χ1v) is 7.18. The number of aromatic nitrogens is 2. The number of pyridine rings is 1. The minimum Gasteiger partial charge on any atom is -0.343 e. The van der Waals surface area contributed by atoms with Crippen LogP contribution in [0.25, 0.3) is 5.52 Å². The molecule has 2 aromatic rings. The maximum atomic E-state index is 13.3. The molecule has 1 aliphatic rings. The molecule has 24 heavy (non-hydrogen) atoms. The Morgan fingerprint density at radius 2 is 2.25 bits per heavy atom. The van der Waals surface area contributed by atoms with Crippen LogP contribution in [0.15, 0.2) is 30.6 Å². The topological polar surface area (TPSA) is 90.5 Å². The Morgan fingerprint density at radius 3 is 3.00 bits per heavy atom. The average Bonchev–Trinajstić information content (AvgIpc) is 3.14. The van der Waals surface area contributed by atoms with Crippen molar-refractivity contribution >= 4 is 17.3 Å². The van der Waals surface area contributed by atoms with Crippen molar-refractivity contribution in [3.8, 4) is 6.07 Å². The molecule has 9 heteroatoms. The SMILES string of the molecule is N#CC1CC(F)(F)CN1C(=O)CNC(=O)c1ccn2nccc2c1. The van der Waals surface area contributed by atoms with E-state index in [0.29, 0.717) is 11.1 Å². The summed E-state index contributed by atoms with van der Waals surface area (Å²) in [5.74, 6) is -4.29. The predicted molar refractivity (Wildman–Crippen MR) is 78.2 cm³/mol. The third kappa shape index (κ3) is 3.03. The Hall–Kier alpha value is -3.02. The number of nitrogens with one attached hydrogen (secondary N) is 1. The van der Waals surface area contributed by atoms with E-state index >= 15 is 0 Å². The van der Waals surface area contributed by atoms with Gasteiger partial charge >= 0.3 is 0 Å². The van der Waals surface area contributed by atoms with E-state index in [1.807, 2.05) is 0 Å². The second kappa shape index (κ2) is 5.88. The Kier molecular flexibility index (Phi) is 3.89. The van der Waals surface area contributed by atoms with Gasteiger partial charge in [0, 0.05) is 24.4 Å². The first-order chi connectivity index (χ1) is 11.4. The van der Waals surface area contributed by atoms with Crippen molar-refractivity contribution in [1.82, 2.24) is 19.8 Å². The van der Waals surface area contributed by atoms with Gasteiger partial charge in [0.2, 0.25) is 5.91 Å². The molecule has 0 radical (unpaired) electrons. The molecule has 2 amide bonds. The number of likely N-dealkylation sites (tertiary alicyclic amines) is 1. The molecule has 1 unspecified atom stereocenters. The summed E-state index contributed by atoms with van der Waals surface area (Å²) in [6, 6.07) is 5.35. The van der Waals surface area contributed by atoms with Crippen LogP contribution in [0.3, 0.4) is 0 Å². The molecule has 0 spiro atoms. The molecule has 124 valence electrons. The lowest BCUT2D eigenvalue weighted by molar-refractivity contribution is -0.131. The van der Waals surface area contributed by atoms with Crippen LogP contribution >= 0.6 is 0 Å². The summed E-state index contributed by atoms with van der Waals surface area (Å²) in [6.45, 7) is -1.25. The second-order valence-electron chi connectivity index (χ2n) is 5.53. The van der Waals surface area contributed by atoms with E-state index in [1.54, 1.807) is 35.1 Å². The van der Waals surface area contributed by atoms with Crippen LogP contribution in [0.5, 0.6) is 0 Å². The molecule has 1 saturated heterocycles. The van der Waals surface area contributed by atoms with Gasteiger partial charge in [-0.05, 0) is 18.2 Å². The molecule has 3 heterocycles. The maximum absolute atomic E-state index is 13.3. The predicted octanol–water partition coefficient (Wildman–Crippen LogP) is 0.824. The molecule has 0 bridgehead atoms. The number of carbonyl (C=O) groups excluding carboxylic acids is 2. The van der Waals surface area contributed by atoms with E-state index in [-0.39, 0.29) is 0 Å². The maximum Gasteiger partial charge on any atom is 0.268 e. The molecule has 7 nitrogen and oxygen atoms in total. The average molecular weight is 333 g/mol. The quantitative estimate of drug-likeness (QED) is 0.900. The van der Waals surface area contributed by atoms with Crippen molar-refractivity contribution in [3.05, 3.63) is 36.2 Å². The minimum absolute atomic E-state index is 0.319. The normalized spacial score (nSPS) is 19.2. The van der Waals surface area contributed by atoms with Crippen molar-refractivity contribution in [2.75, 3.05) is 13.1 Å². The highest BCUT2D eigenvalue weighted by atomic mass is 19.3. The van der Waals surface area contributed by atoms with E-state index < -0.39 is 43.3 Å². The molecule has 3 rings (SSSR count). The molecule has 1 atom stereocenters. The van der Waals surface area contributed by atoms with Crippen molar-refractivity contribution in [2.45, 2.75) is 18.4 Å². The number of carbonyl (C=O) groups is 2. The fraction of sp³-hybridized carbons (Fsp3) is 0.333. The molecule has 2 aromatic heterocycles. The van der Waals surface area contributed by atoms with Gasteiger partial charge in [0.05, 0.1) is 24.7 Å². The number of fused-ring (bicyclic) bond motifs is 1. The summed E-state index contributed by atoms with van der Waals surface area (Å²) in [5, 5.41) is 15.3. The number of amides is 2. The lowest BCUT2D eigenvalue weighted by atomic mass is 10.2. The number of hydrogen-bond donors (Lipinski definition) is 1. The van der Waals surface area contributed by atoms with E-state index in [0.717, 1.165) is 4.90 Å². The molecule has 1 fully saturated rings. The zero-order valence-corrected chi connectivity index (χ0v) is 12.4. The van der Waals surface area contributed by atoms with Gasteiger partial charge in [-0.15, -0.1) is 0 Å². The van der Waals surface area contributed by atoms with Gasteiger partial charge in [-0.2, -0.15) is 10.4 Å². The molecular formula is C15H13F2N5O2. The Morgan fingerprint density at radius 1 is 1.46 bits per heavy atom. The van der Waals surface area contributed by atoms with Gasteiger partial charge < -0.3 is 10.2 Å². The highest BCUT2D eigenvalue weighted by Crippen LogP contribution is 2.31. The van der Waals surface area contributed by atoms with E-state index in [4.69, 9.17) is 5.26 Å². The van der Waals surface area contributed by atoms with E-state index in [2.05, 4.69) is 10.4 Å². The Balaban J connectivity index is 1.63. The number of rotatable bonds is 3. The van der Waals surface area contributed by atoms with Crippen LogP contribution in [-0.2, 0) is 4.79 Å². The first kappa shape index (κ1) is 15.9. The number of hydrogen-bond acceptors (Lipinski definition) is 4. The van der Waals surface area contributed by atoms with Crippen molar-refractivity contribution in [3.63, 3.8) is 0 Å². The summed E-state index contributed by atoms with van der Waals surface area (Å²) in [5.41, 5.74) is 1.03. The highest BCUT2D eigenvalue weighted by Gasteiger charge is 2.47. The van der Waals surface area contributed by atoms with Crippen LogP contribution in [0.1, 0.15) is 16.8 Å². The lowest BCUT2D eigenvalue weighted by Crippen LogP contribution is -2.42. The van der Waals surface area contributed by atoms with Gasteiger partial charge in [-0.3, -0.25) is 9.59 Å². The van der Waals surface area contributed by atoms with E-state index in [9.17, 15) is 18.4 Å². The summed E-state index contributed by atoms with van der Waals surface area (Å²) in [7, 11) is 0. The standard InChI is InChI=1S/C15H13F2N5O2/c16-15(17)6-12(7-18)21(9-15)13(23)8-19-14(24)10-2-4-22-11(5-10)1-3-20-22/h1-5,12H,6,8-9H2,(H,19,24). The van der Waals surface area contributed by atoms with Gasteiger partial charge in [0.1, 0.15) is 6.04 Å². The fourth-order valence-electron chi connectivity index (χ4n) is 2.62. The Bertz CT molecular complexity index is 842. The summed E-state index contributed by atoms with van der Waals surface area (Å²) in [4.78, 5) is 24.9. The van der Waals surface area contributed by atoms with Gasteiger partial charge in [-0.1, -0.05) is 0 Å². The van der Waals surface area contributed by atoms with Crippen LogP contribution in [0, 0.1) is 11.3 Å². The van der Waals surface area contributed by atoms with Crippen LogP contribution in [0.2, 0.25) is 0 Å². The highest BCUT2D eigenvalue weighted by molar-refractivity contribution is 5.97. The fourth-order valence-corrected chi connectivity index (χ4v) is 2.62. The third-order valence-corrected chi connectivity index (χ3v) is 3.80. The third-order valence-electron chi connectivity index (χ3n) is 3.80. The smallest absolute Gasteiger partial charge is 0.268 e. The summed E-state index contributed by atoms with van der Waals surface area (Å²) >= 11 is 0. The van der Waals surface area contributed by atoms with Crippen LogP contribution < -0.4 is 5.32 Å². The summed E-state index contributed by atoms with van der Waals surface area (Å²) < 4.78 is 28.2. The summed E-state index contributed by atoms with van der Waals surface area (Å²) in [6.07, 6.45) is 2.50. The second-order valence-corrected chi connectivity index (χ2v) is 5.53. The molecular weight excluding hydrogens is 320 g/mol. The molecule has 1 N–H and O–H groups in total. The number of alkyl halides is 2. The number of nitrogens with zero attached hydrogens (tertiary/aromatic N) is 4. The molecule has 1 aliphatic heterocycles. The van der Waals surface area contributed by atoms with Crippen molar-refractivity contribution in [2.24, 2.45) is 0 Å². The van der Waals surface area contributed by atoms with Gasteiger partial charge in [0.15, 0.2) is 0 Å². The van der Waals surface area contributed by atoms with Crippen LogP contribution in [-0.4, -0.2) is 51.4 Å². The zero-order chi connectivity index (χ0) is 17.3. The van der Waals surface area contributed by atoms with Crippen molar-refractivity contribution in [1.29, 1.82) is 5.26 Å². The van der Waals surface area contributed by atoms with Crippen LogP contribution in [0.4, 0.5) is 8.78 Å². The molecule has 0 saturated carbocycles. The molecule has 0 aliphatic carbocycles. The minimum atomic E-state index is -3.08. The van der Waals surface area contributed by atoms with E-state index in [1.165, 1.54) is 6.07 Å². The van der Waals surface area contributed by atoms with Gasteiger partial charge in [-0.25, -0.2) is 13.3 Å². The molecule has 0 aromatic carbocycles. The van der Waals surface area contributed by atoms with Crippen molar-refractivity contribution < 1.29 is 18.4 Å². The monoisotopic (exact) mass is 333 g/mol.